The molecule has 3 aromatic rings. The summed E-state index contributed by atoms with van der Waals surface area (Å²) in [6.45, 7) is 2.89. The Morgan fingerprint density at radius 3 is 2.61 bits per heavy atom. The molecule has 1 atom stereocenters. The molecule has 1 aliphatic rings. The molecule has 0 amide bonds. The third kappa shape index (κ3) is 5.43. The highest BCUT2D eigenvalue weighted by Crippen LogP contribution is 2.35. The first-order valence-electron chi connectivity index (χ1n) is 10.1. The summed E-state index contributed by atoms with van der Waals surface area (Å²) in [5.74, 6) is -1.47. The van der Waals surface area contributed by atoms with Crippen molar-refractivity contribution in [1.82, 2.24) is 19.9 Å². The summed E-state index contributed by atoms with van der Waals surface area (Å²) >= 11 is 1.79. The van der Waals surface area contributed by atoms with Gasteiger partial charge in [0, 0.05) is 44.2 Å². The van der Waals surface area contributed by atoms with E-state index >= 15 is 0 Å². The number of hydrogen-bond acceptors (Lipinski definition) is 5. The molecule has 0 radical (unpaired) electrons. The van der Waals surface area contributed by atoms with Gasteiger partial charge in [0.2, 0.25) is 0 Å². The molecule has 31 heavy (non-hydrogen) atoms. The SMILES string of the molecule is CC(F)(I)c1ccccc1CNc1nc(CN2CCC(F)(F)CC2)nc2ncccc12. The lowest BCUT2D eigenvalue weighted by molar-refractivity contribution is -0.0570. The molecule has 3 heterocycles. The summed E-state index contributed by atoms with van der Waals surface area (Å²) in [5, 5.41) is 4.06. The van der Waals surface area contributed by atoms with E-state index in [2.05, 4.69) is 20.3 Å². The standard InChI is InChI=1S/C22H23F3IN5/c1-21(23,26)17-7-3-2-5-15(17)13-28-20-16-6-4-10-27-19(16)29-18(30-20)14-31-11-8-22(24,25)9-12-31/h2-7,10H,8-9,11-14H2,1H3,(H,27,28,29,30). The Kier molecular flexibility index (Phi) is 6.34. The zero-order valence-corrected chi connectivity index (χ0v) is 19.2. The van der Waals surface area contributed by atoms with Crippen LogP contribution in [0, 0.1) is 0 Å². The van der Waals surface area contributed by atoms with E-state index in [0.29, 0.717) is 49.0 Å². The number of benzene rings is 1. The number of piperidine rings is 1. The lowest BCUT2D eigenvalue weighted by Crippen LogP contribution is -2.39. The van der Waals surface area contributed by atoms with Crippen molar-refractivity contribution in [2.24, 2.45) is 0 Å². The molecule has 0 bridgehead atoms. The fourth-order valence-electron chi connectivity index (χ4n) is 3.73. The Morgan fingerprint density at radius 1 is 1.13 bits per heavy atom. The van der Waals surface area contributed by atoms with Gasteiger partial charge >= 0.3 is 0 Å². The average molecular weight is 541 g/mol. The Morgan fingerprint density at radius 2 is 1.87 bits per heavy atom. The van der Waals surface area contributed by atoms with Crippen molar-refractivity contribution in [2.45, 2.75) is 42.5 Å². The summed E-state index contributed by atoms with van der Waals surface area (Å²) in [6, 6.07) is 11.0. The Labute approximate surface area is 192 Å². The topological polar surface area (TPSA) is 53.9 Å². The van der Waals surface area contributed by atoms with Crippen molar-refractivity contribution < 1.29 is 13.2 Å². The lowest BCUT2D eigenvalue weighted by Gasteiger charge is -2.31. The highest BCUT2D eigenvalue weighted by molar-refractivity contribution is 14.1. The number of rotatable bonds is 6. The predicted octanol–water partition coefficient (Wildman–Crippen LogP) is 5.45. The van der Waals surface area contributed by atoms with Crippen LogP contribution in [-0.4, -0.2) is 38.9 Å². The van der Waals surface area contributed by atoms with Crippen LogP contribution in [0.25, 0.3) is 11.0 Å². The summed E-state index contributed by atoms with van der Waals surface area (Å²) < 4.78 is 40.0. The molecular weight excluding hydrogens is 518 g/mol. The number of nitrogens with one attached hydrogen (secondary N) is 1. The van der Waals surface area contributed by atoms with E-state index < -0.39 is 9.60 Å². The number of nitrogens with zero attached hydrogens (tertiary/aromatic N) is 4. The van der Waals surface area contributed by atoms with Crippen LogP contribution in [0.5, 0.6) is 0 Å². The molecular formula is C22H23F3IN5. The first-order chi connectivity index (χ1) is 14.7. The second-order valence-corrected chi connectivity index (χ2v) is 9.92. The van der Waals surface area contributed by atoms with Crippen LogP contribution in [0.3, 0.4) is 0 Å². The van der Waals surface area contributed by atoms with Gasteiger partial charge < -0.3 is 5.32 Å². The van der Waals surface area contributed by atoms with E-state index in [9.17, 15) is 13.2 Å². The number of aromatic nitrogens is 3. The van der Waals surface area contributed by atoms with Crippen LogP contribution in [0.1, 0.15) is 36.7 Å². The predicted molar refractivity (Wildman–Crippen MR) is 123 cm³/mol. The molecule has 5 nitrogen and oxygen atoms in total. The second-order valence-electron chi connectivity index (χ2n) is 7.89. The van der Waals surface area contributed by atoms with Crippen LogP contribution >= 0.6 is 22.6 Å². The molecule has 9 heteroatoms. The number of pyridine rings is 1. The second kappa shape index (κ2) is 8.85. The van der Waals surface area contributed by atoms with Crippen molar-refractivity contribution in [1.29, 1.82) is 0 Å². The van der Waals surface area contributed by atoms with Crippen LogP contribution < -0.4 is 5.32 Å². The summed E-state index contributed by atoms with van der Waals surface area (Å²) in [4.78, 5) is 15.5. The molecule has 4 rings (SSSR count). The molecule has 164 valence electrons. The Hall–Kier alpha value is -2.01. The third-order valence-electron chi connectivity index (χ3n) is 5.41. The summed E-state index contributed by atoms with van der Waals surface area (Å²) in [5.41, 5.74) is 1.97. The number of fused-ring (bicyclic) bond motifs is 1. The molecule has 0 aliphatic carbocycles. The smallest absolute Gasteiger partial charge is 0.250 e. The van der Waals surface area contributed by atoms with Crippen LogP contribution in [0.15, 0.2) is 42.6 Å². The van der Waals surface area contributed by atoms with Gasteiger partial charge in [0.15, 0.2) is 9.32 Å². The average Bonchev–Trinajstić information content (AvgIpc) is 2.73. The van der Waals surface area contributed by atoms with E-state index in [1.807, 2.05) is 29.2 Å². The Balaban J connectivity index is 1.58. The van der Waals surface area contributed by atoms with Crippen LogP contribution in [-0.2, 0) is 16.8 Å². The quantitative estimate of drug-likeness (QED) is 0.333. The maximum Gasteiger partial charge on any atom is 0.250 e. The monoisotopic (exact) mass is 541 g/mol. The minimum absolute atomic E-state index is 0.154. The van der Waals surface area contributed by atoms with Crippen molar-refractivity contribution in [3.8, 4) is 0 Å². The van der Waals surface area contributed by atoms with Gasteiger partial charge in [-0.15, -0.1) is 0 Å². The fraction of sp³-hybridized carbons (Fsp3) is 0.409. The first kappa shape index (κ1) is 22.2. The normalized spacial score (nSPS) is 18.6. The maximum atomic E-state index is 14.6. The lowest BCUT2D eigenvalue weighted by atomic mass is 10.0. The minimum atomic E-state index is -2.59. The molecule has 1 N–H and O–H groups in total. The molecule has 0 spiro atoms. The van der Waals surface area contributed by atoms with Gasteiger partial charge in [0.05, 0.1) is 11.9 Å². The van der Waals surface area contributed by atoms with Crippen molar-refractivity contribution in [2.75, 3.05) is 18.4 Å². The first-order valence-corrected chi connectivity index (χ1v) is 11.2. The van der Waals surface area contributed by atoms with Gasteiger partial charge in [-0.25, -0.2) is 28.1 Å². The molecule has 1 fully saturated rings. The van der Waals surface area contributed by atoms with Gasteiger partial charge in [-0.1, -0.05) is 24.3 Å². The highest BCUT2D eigenvalue weighted by atomic mass is 127. The summed E-state index contributed by atoms with van der Waals surface area (Å²) in [7, 11) is 0. The largest absolute Gasteiger partial charge is 0.365 e. The zero-order chi connectivity index (χ0) is 22.1. The van der Waals surface area contributed by atoms with Gasteiger partial charge in [0.1, 0.15) is 11.6 Å². The zero-order valence-electron chi connectivity index (χ0n) is 17.1. The number of likely N-dealkylation sites (tertiary alicyclic amines) is 1. The maximum absolute atomic E-state index is 14.6. The van der Waals surface area contributed by atoms with E-state index in [4.69, 9.17) is 0 Å². The van der Waals surface area contributed by atoms with Crippen molar-refractivity contribution in [3.63, 3.8) is 0 Å². The molecule has 1 unspecified atom stereocenters. The fourth-order valence-corrected chi connectivity index (χ4v) is 4.26. The number of hydrogen-bond donors (Lipinski definition) is 1. The number of halogens is 4. The van der Waals surface area contributed by atoms with Gasteiger partial charge in [-0.05, 0) is 47.2 Å². The molecule has 1 aromatic carbocycles. The molecule has 0 saturated carbocycles. The highest BCUT2D eigenvalue weighted by Gasteiger charge is 2.34. The summed E-state index contributed by atoms with van der Waals surface area (Å²) in [6.07, 6.45) is 1.35. The van der Waals surface area contributed by atoms with E-state index in [1.165, 1.54) is 6.92 Å². The van der Waals surface area contributed by atoms with Crippen LogP contribution in [0.2, 0.25) is 0 Å². The van der Waals surface area contributed by atoms with E-state index in [-0.39, 0.29) is 12.8 Å². The van der Waals surface area contributed by atoms with Gasteiger partial charge in [-0.3, -0.25) is 4.90 Å². The van der Waals surface area contributed by atoms with Gasteiger partial charge in [0.25, 0.3) is 5.92 Å². The third-order valence-corrected chi connectivity index (χ3v) is 5.99. The molecule has 2 aromatic heterocycles. The van der Waals surface area contributed by atoms with Crippen molar-refractivity contribution in [3.05, 3.63) is 59.5 Å². The molecule has 1 saturated heterocycles. The molecule has 1 aliphatic heterocycles. The van der Waals surface area contributed by atoms with E-state index in [1.54, 1.807) is 40.9 Å². The Bertz CT molecular complexity index is 1060. The van der Waals surface area contributed by atoms with Gasteiger partial charge in [-0.2, -0.15) is 0 Å². The van der Waals surface area contributed by atoms with Crippen molar-refractivity contribution >= 4 is 39.4 Å². The van der Waals surface area contributed by atoms with E-state index in [0.717, 1.165) is 10.9 Å². The number of anilines is 1. The minimum Gasteiger partial charge on any atom is -0.365 e. The number of alkyl halides is 4. The van der Waals surface area contributed by atoms with Crippen LogP contribution in [0.4, 0.5) is 19.0 Å².